The van der Waals surface area contributed by atoms with E-state index in [4.69, 9.17) is 9.88 Å². The van der Waals surface area contributed by atoms with Gasteiger partial charge in [-0.2, -0.15) is 0 Å². The van der Waals surface area contributed by atoms with Crippen molar-refractivity contribution in [3.05, 3.63) is 22.4 Å². The normalized spacial score (nSPS) is 15.6. The molecule has 2 rings (SSSR count). The van der Waals surface area contributed by atoms with Gasteiger partial charge in [0.1, 0.15) is 0 Å². The first-order chi connectivity index (χ1) is 7.88. The lowest BCUT2D eigenvalue weighted by Crippen LogP contribution is -2.15. The fraction of sp³-hybridized carbons (Fsp3) is 0.375. The maximum atomic E-state index is 11.2. The second-order valence-corrected chi connectivity index (χ2v) is 5.14. The predicted octanol–water partition coefficient (Wildman–Crippen LogP) is 0.178. The average Bonchev–Trinajstić information content (AvgIpc) is 2.99. The van der Waals surface area contributed by atoms with Gasteiger partial charge in [0.25, 0.3) is 0 Å². The molecule has 17 heavy (non-hydrogen) atoms. The lowest BCUT2D eigenvalue weighted by atomic mass is 10.4. The van der Waals surface area contributed by atoms with Gasteiger partial charge in [-0.3, -0.25) is 0 Å². The molecule has 2 N–H and O–H groups in total. The second-order valence-electron chi connectivity index (χ2n) is 3.61. The molecule has 0 unspecified atom stereocenters. The van der Waals surface area contributed by atoms with Crippen LogP contribution in [0.3, 0.4) is 0 Å². The van der Waals surface area contributed by atoms with Crippen molar-refractivity contribution in [1.82, 2.24) is 4.98 Å². The molecule has 1 heterocycles. The van der Waals surface area contributed by atoms with E-state index in [1.807, 2.05) is 0 Å². The summed E-state index contributed by atoms with van der Waals surface area (Å²) in [5.41, 5.74) is 0. The van der Waals surface area contributed by atoms with E-state index in [0.29, 0.717) is 0 Å². The Labute approximate surface area is 96.6 Å². The minimum atomic E-state index is -4.00. The standard InChI is InChI=1S/C8H9N3O5S/c9-17(14,15)7-4-10-8(11(12)13)3-6(7)16-5-1-2-5/h3-5H,1-2H2,(H2,9,14,15). The van der Waals surface area contributed by atoms with Crippen LogP contribution in [0.4, 0.5) is 5.82 Å². The molecular formula is C8H9N3O5S. The Kier molecular flexibility index (Phi) is 2.71. The minimum absolute atomic E-state index is 0.0995. The van der Waals surface area contributed by atoms with Crippen LogP contribution in [0.5, 0.6) is 5.75 Å². The molecule has 1 fully saturated rings. The third-order valence-electron chi connectivity index (χ3n) is 2.13. The van der Waals surface area contributed by atoms with Gasteiger partial charge < -0.3 is 14.9 Å². The summed E-state index contributed by atoms with van der Waals surface area (Å²) in [5, 5.41) is 15.5. The highest BCUT2D eigenvalue weighted by atomic mass is 32.2. The summed E-state index contributed by atoms with van der Waals surface area (Å²) < 4.78 is 27.7. The maximum Gasteiger partial charge on any atom is 0.367 e. The molecule has 0 spiro atoms. The fourth-order valence-corrected chi connectivity index (χ4v) is 1.77. The molecule has 0 aromatic carbocycles. The quantitative estimate of drug-likeness (QED) is 0.607. The summed E-state index contributed by atoms with van der Waals surface area (Å²) in [6.07, 6.45) is 2.32. The number of sulfonamides is 1. The van der Waals surface area contributed by atoms with Crippen molar-refractivity contribution in [2.45, 2.75) is 23.8 Å². The molecule has 8 nitrogen and oxygen atoms in total. The number of ether oxygens (including phenoxy) is 1. The van der Waals surface area contributed by atoms with Crippen LogP contribution in [0.25, 0.3) is 0 Å². The summed E-state index contributed by atoms with van der Waals surface area (Å²) >= 11 is 0. The molecule has 0 saturated heterocycles. The van der Waals surface area contributed by atoms with E-state index in [0.717, 1.165) is 25.1 Å². The molecule has 0 radical (unpaired) electrons. The number of pyridine rings is 1. The number of nitro groups is 1. The predicted molar refractivity (Wildman–Crippen MR) is 55.9 cm³/mol. The van der Waals surface area contributed by atoms with E-state index in [9.17, 15) is 18.5 Å². The maximum absolute atomic E-state index is 11.2. The summed E-state index contributed by atoms with van der Waals surface area (Å²) in [7, 11) is -4.00. The third kappa shape index (κ3) is 2.68. The lowest BCUT2D eigenvalue weighted by Gasteiger charge is -2.07. The largest absolute Gasteiger partial charge is 0.489 e. The molecular weight excluding hydrogens is 250 g/mol. The highest BCUT2D eigenvalue weighted by molar-refractivity contribution is 7.89. The zero-order chi connectivity index (χ0) is 12.6. The van der Waals surface area contributed by atoms with Gasteiger partial charge >= 0.3 is 5.82 Å². The highest BCUT2D eigenvalue weighted by Gasteiger charge is 2.29. The number of nitrogens with two attached hydrogens (primary N) is 1. The van der Waals surface area contributed by atoms with Gasteiger partial charge in [-0.15, -0.1) is 0 Å². The topological polar surface area (TPSA) is 125 Å². The Morgan fingerprint density at radius 2 is 2.18 bits per heavy atom. The number of hydrogen-bond donors (Lipinski definition) is 1. The summed E-state index contributed by atoms with van der Waals surface area (Å²) in [6.45, 7) is 0. The lowest BCUT2D eigenvalue weighted by molar-refractivity contribution is -0.389. The number of rotatable bonds is 4. The zero-order valence-electron chi connectivity index (χ0n) is 8.57. The number of hydrogen-bond acceptors (Lipinski definition) is 6. The van der Waals surface area contributed by atoms with Crippen molar-refractivity contribution in [2.24, 2.45) is 5.14 Å². The van der Waals surface area contributed by atoms with Gasteiger partial charge in [-0.1, -0.05) is 0 Å². The average molecular weight is 259 g/mol. The monoisotopic (exact) mass is 259 g/mol. The van der Waals surface area contributed by atoms with Gasteiger partial charge in [0, 0.05) is 0 Å². The van der Waals surface area contributed by atoms with E-state index >= 15 is 0 Å². The van der Waals surface area contributed by atoms with Gasteiger partial charge in [-0.25, -0.2) is 13.6 Å². The second kappa shape index (κ2) is 3.93. The molecule has 1 saturated carbocycles. The SMILES string of the molecule is NS(=O)(=O)c1cnc([N+](=O)[O-])cc1OC1CC1. The van der Waals surface area contributed by atoms with Crippen LogP contribution in [-0.2, 0) is 10.0 Å². The Morgan fingerprint density at radius 1 is 1.53 bits per heavy atom. The van der Waals surface area contributed by atoms with Gasteiger partial charge in [0.2, 0.25) is 10.0 Å². The highest BCUT2D eigenvalue weighted by Crippen LogP contribution is 2.32. The van der Waals surface area contributed by atoms with Crippen molar-refractivity contribution in [3.8, 4) is 5.75 Å². The Morgan fingerprint density at radius 3 is 2.65 bits per heavy atom. The van der Waals surface area contributed by atoms with Crippen molar-refractivity contribution in [3.63, 3.8) is 0 Å². The smallest absolute Gasteiger partial charge is 0.367 e. The molecule has 92 valence electrons. The number of nitrogens with zero attached hydrogens (tertiary/aromatic N) is 2. The summed E-state index contributed by atoms with van der Waals surface area (Å²) in [6, 6.07) is 0.970. The number of aromatic nitrogens is 1. The van der Waals surface area contributed by atoms with Crippen LogP contribution in [-0.4, -0.2) is 24.4 Å². The molecule has 9 heteroatoms. The number of primary sulfonamides is 1. The molecule has 0 atom stereocenters. The Balaban J connectivity index is 2.47. The van der Waals surface area contributed by atoms with E-state index < -0.39 is 20.8 Å². The van der Waals surface area contributed by atoms with Crippen molar-refractivity contribution < 1.29 is 18.1 Å². The molecule has 0 amide bonds. The first-order valence-electron chi connectivity index (χ1n) is 4.72. The molecule has 0 bridgehead atoms. The third-order valence-corrected chi connectivity index (χ3v) is 3.05. The minimum Gasteiger partial charge on any atom is -0.489 e. The van der Waals surface area contributed by atoms with E-state index in [1.54, 1.807) is 0 Å². The Bertz CT molecular complexity index is 567. The van der Waals surface area contributed by atoms with E-state index in [1.165, 1.54) is 0 Å². The fourth-order valence-electron chi connectivity index (χ4n) is 1.19. The van der Waals surface area contributed by atoms with Crippen LogP contribution < -0.4 is 9.88 Å². The first kappa shape index (κ1) is 11.7. The molecule has 1 aliphatic rings. The van der Waals surface area contributed by atoms with Crippen molar-refractivity contribution in [1.29, 1.82) is 0 Å². The van der Waals surface area contributed by atoms with Crippen LogP contribution in [0, 0.1) is 10.1 Å². The van der Waals surface area contributed by atoms with Crippen LogP contribution in [0.1, 0.15) is 12.8 Å². The van der Waals surface area contributed by atoms with Crippen LogP contribution >= 0.6 is 0 Å². The Hall–Kier alpha value is -1.74. The summed E-state index contributed by atoms with van der Waals surface area (Å²) in [4.78, 5) is 12.8. The van der Waals surface area contributed by atoms with Gasteiger partial charge in [0.05, 0.1) is 12.2 Å². The van der Waals surface area contributed by atoms with Crippen LogP contribution in [0.2, 0.25) is 0 Å². The van der Waals surface area contributed by atoms with Crippen LogP contribution in [0.15, 0.2) is 17.2 Å². The van der Waals surface area contributed by atoms with Crippen molar-refractivity contribution in [2.75, 3.05) is 0 Å². The van der Waals surface area contributed by atoms with Crippen molar-refractivity contribution >= 4 is 15.8 Å². The van der Waals surface area contributed by atoms with Gasteiger partial charge in [-0.05, 0) is 22.7 Å². The van der Waals surface area contributed by atoms with E-state index in [-0.39, 0.29) is 16.7 Å². The first-order valence-corrected chi connectivity index (χ1v) is 6.26. The zero-order valence-corrected chi connectivity index (χ0v) is 9.38. The molecule has 1 aromatic rings. The summed E-state index contributed by atoms with van der Waals surface area (Å²) in [5.74, 6) is -0.593. The van der Waals surface area contributed by atoms with E-state index in [2.05, 4.69) is 4.98 Å². The molecule has 1 aliphatic carbocycles. The molecule has 1 aromatic heterocycles. The van der Waals surface area contributed by atoms with Gasteiger partial charge in [0.15, 0.2) is 16.8 Å². The molecule has 0 aliphatic heterocycles.